The maximum Gasteiger partial charge on any atom is 0.126 e. The van der Waals surface area contributed by atoms with Gasteiger partial charge in [0.05, 0.1) is 0 Å². The predicted molar refractivity (Wildman–Crippen MR) is 51.0 cm³/mol. The van der Waals surface area contributed by atoms with Crippen LogP contribution in [0.4, 0.5) is 0 Å². The number of hydrogen-bond donors (Lipinski definition) is 0. The van der Waals surface area contributed by atoms with Crippen molar-refractivity contribution < 1.29 is 4.79 Å². The summed E-state index contributed by atoms with van der Waals surface area (Å²) in [4.78, 5) is 11.0. The third-order valence-corrected chi connectivity index (χ3v) is 4.30. The molecule has 12 heavy (non-hydrogen) atoms. The summed E-state index contributed by atoms with van der Waals surface area (Å²) >= 11 is 0. The first-order chi connectivity index (χ1) is 5.44. The maximum atomic E-state index is 11.0. The summed E-state index contributed by atoms with van der Waals surface area (Å²) < 4.78 is 0. The lowest BCUT2D eigenvalue weighted by molar-refractivity contribution is -0.127. The highest BCUT2D eigenvalue weighted by molar-refractivity contribution is 5.60. The van der Waals surface area contributed by atoms with Gasteiger partial charge in [-0.3, -0.25) is 0 Å². The number of aldehydes is 1. The molecular weight excluding hydrogens is 148 g/mol. The highest BCUT2D eigenvalue weighted by atomic mass is 16.1. The van der Waals surface area contributed by atoms with E-state index in [1.165, 1.54) is 19.1 Å². The first-order valence-corrected chi connectivity index (χ1v) is 4.90. The van der Waals surface area contributed by atoms with E-state index in [1.54, 1.807) is 0 Å². The number of hydrogen-bond acceptors (Lipinski definition) is 1. The topological polar surface area (TPSA) is 17.1 Å². The van der Waals surface area contributed by atoms with E-state index >= 15 is 0 Å². The standard InChI is InChI=1S/C11H20O/c1-9-6-5-7-11(4,8-12)10(9,2)3/h8-9H,5-7H2,1-4H3. The molecule has 1 heteroatoms. The summed E-state index contributed by atoms with van der Waals surface area (Å²) in [6.45, 7) is 8.83. The van der Waals surface area contributed by atoms with Gasteiger partial charge >= 0.3 is 0 Å². The third kappa shape index (κ3) is 1.19. The lowest BCUT2D eigenvalue weighted by atomic mass is 9.55. The zero-order chi connectivity index (χ0) is 9.41. The number of rotatable bonds is 1. The Bertz CT molecular complexity index is 183. The van der Waals surface area contributed by atoms with Crippen LogP contribution in [0.2, 0.25) is 0 Å². The molecule has 2 atom stereocenters. The van der Waals surface area contributed by atoms with Crippen molar-refractivity contribution in [2.75, 3.05) is 0 Å². The van der Waals surface area contributed by atoms with Crippen LogP contribution in [0.3, 0.4) is 0 Å². The Balaban J connectivity index is 2.93. The summed E-state index contributed by atoms with van der Waals surface area (Å²) in [6, 6.07) is 0. The zero-order valence-electron chi connectivity index (χ0n) is 8.68. The van der Waals surface area contributed by atoms with Crippen LogP contribution < -0.4 is 0 Å². The average Bonchev–Trinajstić information content (AvgIpc) is 2.01. The van der Waals surface area contributed by atoms with Gasteiger partial charge in [0.25, 0.3) is 0 Å². The molecule has 0 saturated heterocycles. The molecule has 1 nitrogen and oxygen atoms in total. The molecule has 0 aromatic carbocycles. The first kappa shape index (κ1) is 9.76. The summed E-state index contributed by atoms with van der Waals surface area (Å²) in [7, 11) is 0. The van der Waals surface area contributed by atoms with Gasteiger partial charge in [-0.1, -0.05) is 40.5 Å². The van der Waals surface area contributed by atoms with Crippen LogP contribution in [0, 0.1) is 16.7 Å². The van der Waals surface area contributed by atoms with Gasteiger partial charge in [-0.05, 0) is 17.8 Å². The van der Waals surface area contributed by atoms with Crippen LogP contribution in [-0.2, 0) is 4.79 Å². The summed E-state index contributed by atoms with van der Waals surface area (Å²) in [5.74, 6) is 0.668. The lowest BCUT2D eigenvalue weighted by Crippen LogP contribution is -2.44. The SMILES string of the molecule is CC1CCCC(C)(C=O)C1(C)C. The van der Waals surface area contributed by atoms with Crippen LogP contribution in [-0.4, -0.2) is 6.29 Å². The Labute approximate surface area is 75.5 Å². The Morgan fingerprint density at radius 2 is 1.92 bits per heavy atom. The fourth-order valence-corrected chi connectivity index (χ4v) is 2.23. The van der Waals surface area contributed by atoms with Gasteiger partial charge in [0.15, 0.2) is 0 Å². The smallest absolute Gasteiger partial charge is 0.126 e. The van der Waals surface area contributed by atoms with Crippen molar-refractivity contribution in [3.05, 3.63) is 0 Å². The van der Waals surface area contributed by atoms with E-state index < -0.39 is 0 Å². The summed E-state index contributed by atoms with van der Waals surface area (Å²) in [5.41, 5.74) is 0.0810. The van der Waals surface area contributed by atoms with E-state index in [1.807, 2.05) is 0 Å². The lowest BCUT2D eigenvalue weighted by Gasteiger charge is -2.48. The van der Waals surface area contributed by atoms with Crippen molar-refractivity contribution in [1.29, 1.82) is 0 Å². The molecule has 0 aromatic rings. The summed E-state index contributed by atoms with van der Waals surface area (Å²) in [5, 5.41) is 0. The molecule has 0 radical (unpaired) electrons. The average molecular weight is 168 g/mol. The number of carbonyl (C=O) groups excluding carboxylic acids is 1. The van der Waals surface area contributed by atoms with Crippen molar-refractivity contribution in [2.24, 2.45) is 16.7 Å². The quantitative estimate of drug-likeness (QED) is 0.550. The van der Waals surface area contributed by atoms with Gasteiger partial charge in [-0.2, -0.15) is 0 Å². The maximum absolute atomic E-state index is 11.0. The van der Waals surface area contributed by atoms with Gasteiger partial charge in [0, 0.05) is 5.41 Å². The Morgan fingerprint density at radius 1 is 1.33 bits per heavy atom. The predicted octanol–water partition coefficient (Wildman–Crippen LogP) is 3.04. The molecule has 1 aliphatic rings. The van der Waals surface area contributed by atoms with Gasteiger partial charge in [0.1, 0.15) is 6.29 Å². The summed E-state index contributed by atoms with van der Waals surface area (Å²) in [6.07, 6.45) is 4.72. The van der Waals surface area contributed by atoms with E-state index in [0.717, 1.165) is 6.42 Å². The van der Waals surface area contributed by atoms with Gasteiger partial charge < -0.3 is 4.79 Å². The van der Waals surface area contributed by atoms with Crippen LogP contribution in [0.15, 0.2) is 0 Å². The van der Waals surface area contributed by atoms with Crippen LogP contribution >= 0.6 is 0 Å². The van der Waals surface area contributed by atoms with Crippen molar-refractivity contribution in [3.63, 3.8) is 0 Å². The molecule has 0 heterocycles. The molecule has 70 valence electrons. The highest BCUT2D eigenvalue weighted by Gasteiger charge is 2.46. The van der Waals surface area contributed by atoms with Crippen molar-refractivity contribution in [2.45, 2.75) is 47.0 Å². The molecule has 0 spiro atoms. The largest absolute Gasteiger partial charge is 0.303 e. The molecule has 1 saturated carbocycles. The highest BCUT2D eigenvalue weighted by Crippen LogP contribution is 2.51. The normalized spacial score (nSPS) is 40.8. The van der Waals surface area contributed by atoms with Crippen LogP contribution in [0.25, 0.3) is 0 Å². The number of carbonyl (C=O) groups is 1. The second-order valence-electron chi connectivity index (χ2n) is 5.05. The third-order valence-electron chi connectivity index (χ3n) is 4.30. The zero-order valence-corrected chi connectivity index (χ0v) is 8.68. The van der Waals surface area contributed by atoms with Gasteiger partial charge in [-0.15, -0.1) is 0 Å². The molecule has 0 N–H and O–H groups in total. The van der Waals surface area contributed by atoms with Crippen molar-refractivity contribution in [3.8, 4) is 0 Å². The fourth-order valence-electron chi connectivity index (χ4n) is 2.23. The first-order valence-electron chi connectivity index (χ1n) is 4.90. The minimum absolute atomic E-state index is 0.0926. The molecule has 0 aliphatic heterocycles. The second kappa shape index (κ2) is 2.86. The Kier molecular flexibility index (Phi) is 2.33. The second-order valence-corrected chi connectivity index (χ2v) is 5.05. The van der Waals surface area contributed by atoms with E-state index in [-0.39, 0.29) is 10.8 Å². The molecule has 2 unspecified atom stereocenters. The molecule has 1 rings (SSSR count). The van der Waals surface area contributed by atoms with E-state index in [0.29, 0.717) is 5.92 Å². The van der Waals surface area contributed by atoms with Gasteiger partial charge in [0.2, 0.25) is 0 Å². The molecule has 0 bridgehead atoms. The van der Waals surface area contributed by atoms with Crippen molar-refractivity contribution in [1.82, 2.24) is 0 Å². The molecule has 0 amide bonds. The van der Waals surface area contributed by atoms with E-state index in [9.17, 15) is 4.79 Å². The molecule has 0 aromatic heterocycles. The minimum atomic E-state index is -0.0926. The Morgan fingerprint density at radius 3 is 2.33 bits per heavy atom. The van der Waals surface area contributed by atoms with E-state index in [4.69, 9.17) is 0 Å². The molecule has 1 aliphatic carbocycles. The molecular formula is C11H20O. The van der Waals surface area contributed by atoms with Crippen LogP contribution in [0.1, 0.15) is 47.0 Å². The minimum Gasteiger partial charge on any atom is -0.303 e. The molecule has 1 fully saturated rings. The van der Waals surface area contributed by atoms with E-state index in [2.05, 4.69) is 27.7 Å². The van der Waals surface area contributed by atoms with Gasteiger partial charge in [-0.25, -0.2) is 0 Å². The van der Waals surface area contributed by atoms with Crippen LogP contribution in [0.5, 0.6) is 0 Å². The monoisotopic (exact) mass is 168 g/mol. The fraction of sp³-hybridized carbons (Fsp3) is 0.909. The Hall–Kier alpha value is -0.330. The van der Waals surface area contributed by atoms with Crippen molar-refractivity contribution >= 4 is 6.29 Å².